The fraction of sp³-hybridized carbons (Fsp3) is 0.286. The van der Waals surface area contributed by atoms with Crippen molar-refractivity contribution in [2.75, 3.05) is 11.9 Å². The Morgan fingerprint density at radius 2 is 2.14 bits per heavy atom. The summed E-state index contributed by atoms with van der Waals surface area (Å²) in [4.78, 5) is 22.3. The van der Waals surface area contributed by atoms with Crippen LogP contribution >= 0.6 is 0 Å². The van der Waals surface area contributed by atoms with Crippen LogP contribution in [0, 0.1) is 24.0 Å². The van der Waals surface area contributed by atoms with Crippen molar-refractivity contribution >= 4 is 17.4 Å². The summed E-state index contributed by atoms with van der Waals surface area (Å²) >= 11 is 0. The predicted octanol–water partition coefficient (Wildman–Crippen LogP) is 2.23. The monoisotopic (exact) mass is 303 g/mol. The summed E-state index contributed by atoms with van der Waals surface area (Å²) < 4.78 is 1.70. The quantitative estimate of drug-likeness (QED) is 0.653. The Kier molecular flexibility index (Phi) is 4.72. The van der Waals surface area contributed by atoms with Gasteiger partial charge in [-0.25, -0.2) is 4.79 Å². The zero-order valence-corrected chi connectivity index (χ0v) is 12.4. The van der Waals surface area contributed by atoms with Crippen molar-refractivity contribution in [1.82, 2.24) is 15.1 Å². The van der Waals surface area contributed by atoms with Gasteiger partial charge in [0.05, 0.1) is 17.2 Å². The van der Waals surface area contributed by atoms with Crippen LogP contribution in [0.2, 0.25) is 0 Å². The largest absolute Gasteiger partial charge is 0.336 e. The second kappa shape index (κ2) is 6.70. The molecule has 22 heavy (non-hydrogen) atoms. The molecule has 0 fully saturated rings. The Hall–Kier alpha value is -2.90. The van der Waals surface area contributed by atoms with E-state index < -0.39 is 11.0 Å². The first-order chi connectivity index (χ1) is 10.5. The maximum Gasteiger partial charge on any atom is 0.319 e. The first-order valence-corrected chi connectivity index (χ1v) is 6.75. The third kappa shape index (κ3) is 3.81. The lowest BCUT2D eigenvalue weighted by atomic mass is 10.1. The van der Waals surface area contributed by atoms with Crippen LogP contribution in [0.5, 0.6) is 0 Å². The molecule has 0 saturated heterocycles. The standard InChI is InChI=1S/C14H17N5O3/c1-10-8-11(2)13(19(21)22)9-12(10)17-14(20)15-5-7-18-6-3-4-16-18/h3-4,6,8-9H,5,7H2,1-2H3,(H2,15,17,20). The molecular formula is C14H17N5O3. The minimum Gasteiger partial charge on any atom is -0.336 e. The number of anilines is 1. The molecule has 0 spiro atoms. The maximum atomic E-state index is 11.8. The summed E-state index contributed by atoms with van der Waals surface area (Å²) in [5.41, 5.74) is 1.74. The highest BCUT2D eigenvalue weighted by atomic mass is 16.6. The second-order valence-corrected chi connectivity index (χ2v) is 4.86. The first-order valence-electron chi connectivity index (χ1n) is 6.75. The van der Waals surface area contributed by atoms with E-state index in [4.69, 9.17) is 0 Å². The van der Waals surface area contributed by atoms with Crippen LogP contribution in [-0.2, 0) is 6.54 Å². The minimum atomic E-state index is -0.463. The molecule has 2 rings (SSSR count). The molecule has 1 aromatic carbocycles. The van der Waals surface area contributed by atoms with Crippen molar-refractivity contribution in [3.63, 3.8) is 0 Å². The van der Waals surface area contributed by atoms with E-state index in [0.29, 0.717) is 24.3 Å². The highest BCUT2D eigenvalue weighted by Crippen LogP contribution is 2.26. The lowest BCUT2D eigenvalue weighted by molar-refractivity contribution is -0.385. The Morgan fingerprint density at radius 1 is 1.36 bits per heavy atom. The van der Waals surface area contributed by atoms with Crippen LogP contribution in [0.1, 0.15) is 11.1 Å². The van der Waals surface area contributed by atoms with Gasteiger partial charge in [0.2, 0.25) is 0 Å². The number of carbonyl (C=O) groups excluding carboxylic acids is 1. The van der Waals surface area contributed by atoms with Gasteiger partial charge in [-0.05, 0) is 31.5 Å². The molecule has 0 radical (unpaired) electrons. The lowest BCUT2D eigenvalue weighted by Gasteiger charge is -2.11. The highest BCUT2D eigenvalue weighted by molar-refractivity contribution is 5.90. The van der Waals surface area contributed by atoms with Gasteiger partial charge in [-0.15, -0.1) is 0 Å². The maximum absolute atomic E-state index is 11.8. The van der Waals surface area contributed by atoms with Crippen molar-refractivity contribution < 1.29 is 9.72 Å². The Labute approximate surface area is 127 Å². The Morgan fingerprint density at radius 3 is 2.77 bits per heavy atom. The summed E-state index contributed by atoms with van der Waals surface area (Å²) in [6.45, 7) is 4.41. The number of amides is 2. The molecule has 2 aromatic rings. The molecule has 8 nitrogen and oxygen atoms in total. The molecule has 0 bridgehead atoms. The van der Waals surface area contributed by atoms with Crippen LogP contribution in [0.15, 0.2) is 30.6 Å². The molecule has 1 aromatic heterocycles. The normalized spacial score (nSPS) is 10.3. The van der Waals surface area contributed by atoms with E-state index in [1.165, 1.54) is 6.07 Å². The lowest BCUT2D eigenvalue weighted by Crippen LogP contribution is -2.31. The van der Waals surface area contributed by atoms with Crippen LogP contribution < -0.4 is 10.6 Å². The summed E-state index contributed by atoms with van der Waals surface area (Å²) in [5.74, 6) is 0. The number of hydrogen-bond acceptors (Lipinski definition) is 4. The molecule has 116 valence electrons. The fourth-order valence-electron chi connectivity index (χ4n) is 2.06. The first kappa shape index (κ1) is 15.5. The molecule has 0 unspecified atom stereocenters. The molecule has 0 saturated carbocycles. The highest BCUT2D eigenvalue weighted by Gasteiger charge is 2.14. The van der Waals surface area contributed by atoms with Gasteiger partial charge < -0.3 is 10.6 Å². The number of hydrogen-bond donors (Lipinski definition) is 2. The molecule has 0 aliphatic carbocycles. The van der Waals surface area contributed by atoms with Gasteiger partial charge in [-0.3, -0.25) is 14.8 Å². The van der Waals surface area contributed by atoms with Crippen molar-refractivity contribution in [2.45, 2.75) is 20.4 Å². The Bertz CT molecular complexity index is 682. The number of nitrogens with zero attached hydrogens (tertiary/aromatic N) is 3. The van der Waals surface area contributed by atoms with Gasteiger partial charge in [-0.2, -0.15) is 5.10 Å². The number of nitrogens with one attached hydrogen (secondary N) is 2. The third-order valence-electron chi connectivity index (χ3n) is 3.17. The molecule has 0 aliphatic rings. The number of carbonyl (C=O) groups is 1. The molecule has 8 heteroatoms. The molecule has 2 amide bonds. The second-order valence-electron chi connectivity index (χ2n) is 4.86. The predicted molar refractivity (Wildman–Crippen MR) is 81.8 cm³/mol. The van der Waals surface area contributed by atoms with Crippen molar-refractivity contribution in [3.8, 4) is 0 Å². The van der Waals surface area contributed by atoms with Crippen LogP contribution in [-0.4, -0.2) is 27.3 Å². The fourth-order valence-corrected chi connectivity index (χ4v) is 2.06. The van der Waals surface area contributed by atoms with E-state index in [2.05, 4.69) is 15.7 Å². The topological polar surface area (TPSA) is 102 Å². The van der Waals surface area contributed by atoms with Gasteiger partial charge in [0.25, 0.3) is 5.69 Å². The van der Waals surface area contributed by atoms with Gasteiger partial charge in [0.15, 0.2) is 0 Å². The van der Waals surface area contributed by atoms with Crippen LogP contribution in [0.3, 0.4) is 0 Å². The van der Waals surface area contributed by atoms with Gasteiger partial charge >= 0.3 is 6.03 Å². The third-order valence-corrected chi connectivity index (χ3v) is 3.17. The van der Waals surface area contributed by atoms with E-state index in [1.54, 1.807) is 43.1 Å². The molecule has 0 atom stereocenters. The molecular weight excluding hydrogens is 286 g/mol. The number of rotatable bonds is 5. The van der Waals surface area contributed by atoms with Gasteiger partial charge in [0.1, 0.15) is 0 Å². The van der Waals surface area contributed by atoms with Crippen molar-refractivity contribution in [2.24, 2.45) is 0 Å². The number of benzene rings is 1. The summed E-state index contributed by atoms with van der Waals surface area (Å²) in [7, 11) is 0. The van der Waals surface area contributed by atoms with E-state index in [0.717, 1.165) is 5.56 Å². The summed E-state index contributed by atoms with van der Waals surface area (Å²) in [5, 5.41) is 20.3. The SMILES string of the molecule is Cc1cc(C)c([N+](=O)[O-])cc1NC(=O)NCCn1cccn1. The number of aromatic nitrogens is 2. The van der Waals surface area contributed by atoms with Crippen molar-refractivity contribution in [3.05, 3.63) is 51.8 Å². The van der Waals surface area contributed by atoms with Gasteiger partial charge in [-0.1, -0.05) is 0 Å². The van der Waals surface area contributed by atoms with E-state index in [9.17, 15) is 14.9 Å². The number of aryl methyl sites for hydroxylation is 2. The van der Waals surface area contributed by atoms with Crippen LogP contribution in [0.4, 0.5) is 16.2 Å². The van der Waals surface area contributed by atoms with Gasteiger partial charge in [0, 0.05) is 30.6 Å². The molecule has 2 N–H and O–H groups in total. The van der Waals surface area contributed by atoms with Crippen molar-refractivity contribution in [1.29, 1.82) is 0 Å². The zero-order valence-electron chi connectivity index (χ0n) is 12.4. The Balaban J connectivity index is 1.96. The van der Waals surface area contributed by atoms with E-state index in [1.807, 2.05) is 0 Å². The molecule has 1 heterocycles. The zero-order chi connectivity index (χ0) is 16.1. The average Bonchev–Trinajstić information content (AvgIpc) is 2.94. The summed E-state index contributed by atoms with van der Waals surface area (Å²) in [6, 6.07) is 4.44. The molecule has 0 aliphatic heterocycles. The van der Waals surface area contributed by atoms with Crippen LogP contribution in [0.25, 0.3) is 0 Å². The van der Waals surface area contributed by atoms with E-state index in [-0.39, 0.29) is 5.69 Å². The minimum absolute atomic E-state index is 0.0163. The smallest absolute Gasteiger partial charge is 0.319 e. The van der Waals surface area contributed by atoms with E-state index >= 15 is 0 Å². The number of urea groups is 1. The summed E-state index contributed by atoms with van der Waals surface area (Å²) in [6.07, 6.45) is 3.46. The number of nitro benzene ring substituents is 1. The number of nitro groups is 1. The average molecular weight is 303 g/mol.